The molecule has 0 aliphatic carbocycles. The van der Waals surface area contributed by atoms with E-state index in [1.807, 2.05) is 12.1 Å². The molecule has 5 heteroatoms. The lowest BCUT2D eigenvalue weighted by molar-refractivity contribution is -0.145. The van der Waals surface area contributed by atoms with Crippen LogP contribution in [0.3, 0.4) is 0 Å². The largest absolute Gasteiger partial charge is 0.496 e. The molecule has 0 atom stereocenters. The highest BCUT2D eigenvalue weighted by molar-refractivity contribution is 9.09. The summed E-state index contributed by atoms with van der Waals surface area (Å²) in [4.78, 5) is 11.2. The van der Waals surface area contributed by atoms with Crippen LogP contribution in [0.5, 0.6) is 11.5 Å². The van der Waals surface area contributed by atoms with Crippen molar-refractivity contribution in [2.45, 2.75) is 13.3 Å². The van der Waals surface area contributed by atoms with Gasteiger partial charge in [0.25, 0.3) is 0 Å². The Hall–Kier alpha value is -1.23. The van der Waals surface area contributed by atoms with Crippen LogP contribution in [0.2, 0.25) is 0 Å². The fourth-order valence-corrected chi connectivity index (χ4v) is 1.90. The number of aryl methyl sites for hydroxylation is 1. The molecule has 100 valence electrons. The highest BCUT2D eigenvalue weighted by atomic mass is 79.9. The molecule has 0 saturated carbocycles. The van der Waals surface area contributed by atoms with Gasteiger partial charge in [0.1, 0.15) is 11.5 Å². The van der Waals surface area contributed by atoms with Crippen molar-refractivity contribution in [3.05, 3.63) is 23.8 Å². The first-order valence-electron chi connectivity index (χ1n) is 5.72. The molecular weight excluding hydrogens is 300 g/mol. The number of rotatable bonds is 7. The van der Waals surface area contributed by atoms with Crippen molar-refractivity contribution in [3.63, 3.8) is 0 Å². The highest BCUT2D eigenvalue weighted by Crippen LogP contribution is 2.25. The summed E-state index contributed by atoms with van der Waals surface area (Å²) in [7, 11) is 1.61. The highest BCUT2D eigenvalue weighted by Gasteiger charge is 2.07. The Bertz CT molecular complexity index is 393. The summed E-state index contributed by atoms with van der Waals surface area (Å²) in [5.74, 6) is 0.982. The predicted molar refractivity (Wildman–Crippen MR) is 72.6 cm³/mol. The molecule has 0 aliphatic rings. The second kappa shape index (κ2) is 7.97. The molecular formula is C13H17BrO4. The van der Waals surface area contributed by atoms with E-state index in [2.05, 4.69) is 15.9 Å². The zero-order valence-corrected chi connectivity index (χ0v) is 12.2. The normalized spacial score (nSPS) is 9.94. The number of carbonyl (C=O) groups is 1. The summed E-state index contributed by atoms with van der Waals surface area (Å²) in [6.07, 6.45) is 0.876. The van der Waals surface area contributed by atoms with Crippen LogP contribution in [0.4, 0.5) is 0 Å². The Balaban J connectivity index is 2.64. The van der Waals surface area contributed by atoms with E-state index >= 15 is 0 Å². The van der Waals surface area contributed by atoms with Crippen LogP contribution in [0.1, 0.15) is 12.5 Å². The van der Waals surface area contributed by atoms with E-state index in [1.165, 1.54) is 0 Å². The molecule has 0 fully saturated rings. The molecule has 0 radical (unpaired) electrons. The van der Waals surface area contributed by atoms with Crippen LogP contribution < -0.4 is 9.47 Å². The van der Waals surface area contributed by atoms with Gasteiger partial charge in [-0.3, -0.25) is 0 Å². The standard InChI is InChI=1S/C13H17BrO4/c1-3-17-13(15)9-18-11-5-4-10(6-7-14)12(8-11)16-2/h4-5,8H,3,6-7,9H2,1-2H3. The van der Waals surface area contributed by atoms with Crippen LogP contribution in [0.25, 0.3) is 0 Å². The first-order chi connectivity index (χ1) is 8.71. The van der Waals surface area contributed by atoms with E-state index in [-0.39, 0.29) is 12.6 Å². The fraction of sp³-hybridized carbons (Fsp3) is 0.462. The van der Waals surface area contributed by atoms with Crippen molar-refractivity contribution < 1.29 is 19.0 Å². The van der Waals surface area contributed by atoms with Gasteiger partial charge < -0.3 is 14.2 Å². The minimum absolute atomic E-state index is 0.0885. The Labute approximate surface area is 115 Å². The third kappa shape index (κ3) is 4.56. The van der Waals surface area contributed by atoms with Crippen molar-refractivity contribution in [1.82, 2.24) is 0 Å². The first kappa shape index (κ1) is 14.8. The zero-order chi connectivity index (χ0) is 13.4. The van der Waals surface area contributed by atoms with Crippen LogP contribution in [-0.2, 0) is 16.0 Å². The summed E-state index contributed by atoms with van der Waals surface area (Å²) in [5, 5.41) is 0.867. The topological polar surface area (TPSA) is 44.8 Å². The van der Waals surface area contributed by atoms with Crippen LogP contribution in [0.15, 0.2) is 18.2 Å². The molecule has 1 aromatic carbocycles. The number of ether oxygens (including phenoxy) is 3. The van der Waals surface area contributed by atoms with Gasteiger partial charge in [0.15, 0.2) is 6.61 Å². The smallest absolute Gasteiger partial charge is 0.344 e. The third-order valence-corrected chi connectivity index (χ3v) is 2.68. The van der Waals surface area contributed by atoms with Gasteiger partial charge in [-0.25, -0.2) is 4.79 Å². The average Bonchev–Trinajstić information content (AvgIpc) is 2.38. The number of alkyl halides is 1. The van der Waals surface area contributed by atoms with Gasteiger partial charge in [-0.15, -0.1) is 0 Å². The van der Waals surface area contributed by atoms with E-state index in [1.54, 1.807) is 20.1 Å². The summed E-state index contributed by atoms with van der Waals surface area (Å²) < 4.78 is 15.4. The van der Waals surface area contributed by atoms with Crippen molar-refractivity contribution in [2.24, 2.45) is 0 Å². The van der Waals surface area contributed by atoms with Crippen LogP contribution >= 0.6 is 15.9 Å². The number of benzene rings is 1. The third-order valence-electron chi connectivity index (χ3n) is 2.28. The van der Waals surface area contributed by atoms with Crippen molar-refractivity contribution in [1.29, 1.82) is 0 Å². The molecule has 1 rings (SSSR count). The second-order valence-corrected chi connectivity index (χ2v) is 4.30. The number of carbonyl (C=O) groups excluding carboxylic acids is 1. The van der Waals surface area contributed by atoms with Crippen molar-refractivity contribution in [2.75, 3.05) is 25.7 Å². The van der Waals surface area contributed by atoms with E-state index in [9.17, 15) is 4.79 Å². The van der Waals surface area contributed by atoms with Gasteiger partial charge in [-0.2, -0.15) is 0 Å². The molecule has 0 aliphatic heterocycles. The van der Waals surface area contributed by atoms with Crippen molar-refractivity contribution in [3.8, 4) is 11.5 Å². The maximum Gasteiger partial charge on any atom is 0.344 e. The molecule has 4 nitrogen and oxygen atoms in total. The molecule has 0 spiro atoms. The molecule has 1 aromatic rings. The number of esters is 1. The molecule has 0 amide bonds. The van der Waals surface area contributed by atoms with Gasteiger partial charge in [0.05, 0.1) is 13.7 Å². The average molecular weight is 317 g/mol. The van der Waals surface area contributed by atoms with Crippen LogP contribution in [-0.4, -0.2) is 31.6 Å². The molecule has 0 aromatic heterocycles. The van der Waals surface area contributed by atoms with Gasteiger partial charge in [0, 0.05) is 11.4 Å². The monoisotopic (exact) mass is 316 g/mol. The lowest BCUT2D eigenvalue weighted by atomic mass is 10.1. The van der Waals surface area contributed by atoms with Gasteiger partial charge in [0.2, 0.25) is 0 Å². The van der Waals surface area contributed by atoms with E-state index in [4.69, 9.17) is 14.2 Å². The number of hydrogen-bond donors (Lipinski definition) is 0. The summed E-state index contributed by atoms with van der Waals surface area (Å²) >= 11 is 3.39. The Kier molecular flexibility index (Phi) is 6.57. The Morgan fingerprint density at radius 1 is 1.39 bits per heavy atom. The first-order valence-corrected chi connectivity index (χ1v) is 6.84. The molecule has 0 heterocycles. The molecule has 0 unspecified atom stereocenters. The van der Waals surface area contributed by atoms with Gasteiger partial charge in [-0.1, -0.05) is 22.0 Å². The maximum atomic E-state index is 11.2. The van der Waals surface area contributed by atoms with E-state index < -0.39 is 0 Å². The lowest BCUT2D eigenvalue weighted by Gasteiger charge is -2.10. The van der Waals surface area contributed by atoms with E-state index in [0.29, 0.717) is 12.4 Å². The summed E-state index contributed by atoms with van der Waals surface area (Å²) in [5.41, 5.74) is 1.10. The number of hydrogen-bond acceptors (Lipinski definition) is 4. The minimum atomic E-state index is -0.374. The maximum absolute atomic E-state index is 11.2. The molecule has 0 N–H and O–H groups in total. The predicted octanol–water partition coefficient (Wildman–Crippen LogP) is 2.57. The minimum Gasteiger partial charge on any atom is -0.496 e. The van der Waals surface area contributed by atoms with Crippen molar-refractivity contribution >= 4 is 21.9 Å². The summed E-state index contributed by atoms with van der Waals surface area (Å²) in [6.45, 7) is 2.03. The number of methoxy groups -OCH3 is 1. The zero-order valence-electron chi connectivity index (χ0n) is 10.6. The number of halogens is 1. The van der Waals surface area contributed by atoms with Gasteiger partial charge >= 0.3 is 5.97 Å². The lowest BCUT2D eigenvalue weighted by Crippen LogP contribution is -2.14. The Morgan fingerprint density at radius 3 is 2.78 bits per heavy atom. The quantitative estimate of drug-likeness (QED) is 0.573. The fourth-order valence-electron chi connectivity index (χ4n) is 1.47. The molecule has 0 bridgehead atoms. The summed E-state index contributed by atoms with van der Waals surface area (Å²) in [6, 6.07) is 5.53. The Morgan fingerprint density at radius 2 is 2.17 bits per heavy atom. The van der Waals surface area contributed by atoms with Gasteiger partial charge in [-0.05, 0) is 25.0 Å². The molecule has 0 saturated heterocycles. The molecule has 18 heavy (non-hydrogen) atoms. The van der Waals surface area contributed by atoms with Crippen LogP contribution in [0, 0.1) is 0 Å². The van der Waals surface area contributed by atoms with E-state index in [0.717, 1.165) is 23.1 Å². The second-order valence-electron chi connectivity index (χ2n) is 3.51. The SMILES string of the molecule is CCOC(=O)COc1ccc(CCBr)c(OC)c1.